The fraction of sp³-hybridized carbons (Fsp3) is 0.656. The van der Waals surface area contributed by atoms with Gasteiger partial charge in [0.25, 0.3) is 5.91 Å². The van der Waals surface area contributed by atoms with Gasteiger partial charge in [0.1, 0.15) is 17.3 Å². The zero-order valence-corrected chi connectivity index (χ0v) is 27.2. The molecule has 1 aromatic rings. The highest BCUT2D eigenvalue weighted by molar-refractivity contribution is 5.97. The summed E-state index contributed by atoms with van der Waals surface area (Å²) >= 11 is 0. The van der Waals surface area contributed by atoms with E-state index in [0.29, 0.717) is 62.4 Å². The van der Waals surface area contributed by atoms with Crippen LogP contribution in [0.2, 0.25) is 0 Å². The Hall–Kier alpha value is -3.71. The number of rotatable bonds is 7. The van der Waals surface area contributed by atoms with E-state index in [4.69, 9.17) is 10.5 Å². The van der Waals surface area contributed by atoms with Crippen molar-refractivity contribution in [1.82, 2.24) is 30.2 Å². The van der Waals surface area contributed by atoms with Crippen LogP contribution in [0.4, 0.5) is 11.4 Å². The van der Waals surface area contributed by atoms with E-state index < -0.39 is 5.91 Å². The molecule has 0 bridgehead atoms. The molecule has 4 heterocycles. The monoisotopic (exact) mass is 623 g/mol. The molecule has 13 nitrogen and oxygen atoms in total. The summed E-state index contributed by atoms with van der Waals surface area (Å²) in [6.45, 7) is 8.07. The number of nitrogens with two attached hydrogens (primary N) is 1. The minimum atomic E-state index is -1.50. The third-order valence-electron chi connectivity index (χ3n) is 10.1. The summed E-state index contributed by atoms with van der Waals surface area (Å²) in [5, 5.41) is 9.81. The highest BCUT2D eigenvalue weighted by Crippen LogP contribution is 2.39. The Labute approximate surface area is 266 Å². The third-order valence-corrected chi connectivity index (χ3v) is 10.1. The van der Waals surface area contributed by atoms with Crippen molar-refractivity contribution in [2.45, 2.75) is 76.8 Å². The van der Waals surface area contributed by atoms with E-state index in [2.05, 4.69) is 32.7 Å². The molecule has 2 atom stereocenters. The molecule has 45 heavy (non-hydrogen) atoms. The number of likely N-dealkylation sites (N-methyl/N-ethyl adjacent to an activating group) is 1. The van der Waals surface area contributed by atoms with Gasteiger partial charge in [0.2, 0.25) is 17.7 Å². The molecule has 6 rings (SSSR count). The molecular weight excluding hydrogens is 574 g/mol. The molecular formula is C32H49N9O4. The van der Waals surface area contributed by atoms with E-state index in [-0.39, 0.29) is 23.8 Å². The number of ether oxygens (including phenoxy) is 1. The van der Waals surface area contributed by atoms with Gasteiger partial charge in [0, 0.05) is 71.0 Å². The van der Waals surface area contributed by atoms with Gasteiger partial charge < -0.3 is 35.0 Å². The lowest BCUT2D eigenvalue weighted by Gasteiger charge is -2.52. The van der Waals surface area contributed by atoms with E-state index >= 15 is 0 Å². The standard InChI is InChI=1S/C32H49N9O4/c1-5-23-19-37(3)29-30(41(23)24-10-6-7-11-24)35-32(33,36-31(29)44)34-25-18-26-22(17-27(25)45-4)9-8-12-40(26)28(43)20-38-13-15-39(16-14-38)21(2)42/h17-18,23-24,34-35H,5-16,19-20,33H2,1-4H3,(H,36,44)/t23?,32-/m1/s1. The maximum Gasteiger partial charge on any atom is 0.275 e. The predicted octanol–water partition coefficient (Wildman–Crippen LogP) is 0.978. The first-order valence-corrected chi connectivity index (χ1v) is 16.5. The zero-order valence-electron chi connectivity index (χ0n) is 27.2. The van der Waals surface area contributed by atoms with Crippen molar-refractivity contribution in [3.63, 3.8) is 0 Å². The number of aryl methyl sites for hydroxylation is 1. The summed E-state index contributed by atoms with van der Waals surface area (Å²) in [6.07, 6.45) is 7.20. The van der Waals surface area contributed by atoms with Gasteiger partial charge in [-0.25, -0.2) is 0 Å². The van der Waals surface area contributed by atoms with Gasteiger partial charge in [-0.05, 0) is 49.8 Å². The molecule has 0 radical (unpaired) electrons. The normalized spacial score (nSPS) is 25.9. The van der Waals surface area contributed by atoms with Gasteiger partial charge in [0.15, 0.2) is 0 Å². The largest absolute Gasteiger partial charge is 0.495 e. The van der Waals surface area contributed by atoms with Crippen LogP contribution in [0.1, 0.15) is 57.9 Å². The first-order valence-electron chi connectivity index (χ1n) is 16.5. The number of carbonyl (C=O) groups excluding carboxylic acids is 3. The maximum absolute atomic E-state index is 13.7. The SMILES string of the molecule is CCC1CN(C)C2=C(N[C@@](N)(Nc3cc4c(cc3OC)CCCN4C(=O)CN3CCN(C(C)=O)CC3)NC2=O)N1C1CCCC1. The number of amides is 3. The second-order valence-electron chi connectivity index (χ2n) is 13.1. The average molecular weight is 624 g/mol. The quantitative estimate of drug-likeness (QED) is 0.325. The molecule has 4 aliphatic heterocycles. The van der Waals surface area contributed by atoms with Crippen LogP contribution in [0.3, 0.4) is 0 Å². The molecule has 1 saturated carbocycles. The summed E-state index contributed by atoms with van der Waals surface area (Å²) in [5.41, 5.74) is 9.96. The highest BCUT2D eigenvalue weighted by atomic mass is 16.5. The van der Waals surface area contributed by atoms with Crippen LogP contribution in [0.25, 0.3) is 0 Å². The van der Waals surface area contributed by atoms with Crippen LogP contribution in [0.5, 0.6) is 5.75 Å². The van der Waals surface area contributed by atoms with Gasteiger partial charge in [-0.2, -0.15) is 0 Å². The van der Waals surface area contributed by atoms with E-state index in [1.165, 1.54) is 12.8 Å². The highest BCUT2D eigenvalue weighted by Gasteiger charge is 2.46. The lowest BCUT2D eigenvalue weighted by molar-refractivity contribution is -0.131. The van der Waals surface area contributed by atoms with Crippen LogP contribution in [0, 0.1) is 0 Å². The van der Waals surface area contributed by atoms with Gasteiger partial charge in [-0.1, -0.05) is 19.8 Å². The van der Waals surface area contributed by atoms with Crippen molar-refractivity contribution in [3.05, 3.63) is 29.2 Å². The van der Waals surface area contributed by atoms with Crippen LogP contribution in [-0.4, -0.2) is 115 Å². The van der Waals surface area contributed by atoms with Crippen molar-refractivity contribution >= 4 is 29.1 Å². The van der Waals surface area contributed by atoms with Crippen LogP contribution in [-0.2, 0) is 20.8 Å². The molecule has 0 aromatic heterocycles. The number of carbonyl (C=O) groups is 3. The third kappa shape index (κ3) is 6.11. The van der Waals surface area contributed by atoms with Gasteiger partial charge in [-0.15, -0.1) is 0 Å². The van der Waals surface area contributed by atoms with Crippen molar-refractivity contribution in [2.75, 3.05) is 70.2 Å². The molecule has 246 valence electrons. The second-order valence-corrected chi connectivity index (χ2v) is 13.1. The molecule has 5 aliphatic rings. The lowest BCUT2D eigenvalue weighted by Crippen LogP contribution is -2.76. The summed E-state index contributed by atoms with van der Waals surface area (Å²) in [6, 6.07) is 4.51. The molecule has 3 amide bonds. The number of hydrogen-bond donors (Lipinski definition) is 4. The molecule has 1 unspecified atom stereocenters. The molecule has 2 fully saturated rings. The number of anilines is 2. The minimum Gasteiger partial charge on any atom is -0.495 e. The van der Waals surface area contributed by atoms with Crippen molar-refractivity contribution in [2.24, 2.45) is 5.73 Å². The Morgan fingerprint density at radius 3 is 2.49 bits per heavy atom. The van der Waals surface area contributed by atoms with Gasteiger partial charge in [-0.3, -0.25) is 30.3 Å². The number of fused-ring (bicyclic) bond motifs is 1. The number of nitrogens with one attached hydrogen (secondary N) is 3. The Morgan fingerprint density at radius 1 is 1.09 bits per heavy atom. The zero-order chi connectivity index (χ0) is 31.9. The lowest BCUT2D eigenvalue weighted by atomic mass is 10.00. The van der Waals surface area contributed by atoms with Crippen molar-refractivity contribution < 1.29 is 19.1 Å². The van der Waals surface area contributed by atoms with Gasteiger partial charge >= 0.3 is 0 Å². The smallest absolute Gasteiger partial charge is 0.275 e. The number of benzene rings is 1. The fourth-order valence-corrected chi connectivity index (χ4v) is 7.74. The summed E-state index contributed by atoms with van der Waals surface area (Å²) in [4.78, 5) is 49.3. The summed E-state index contributed by atoms with van der Waals surface area (Å²) < 4.78 is 5.80. The van der Waals surface area contributed by atoms with Crippen molar-refractivity contribution in [3.8, 4) is 5.75 Å². The minimum absolute atomic E-state index is 0.0211. The Bertz CT molecular complexity index is 1350. The molecule has 0 spiro atoms. The summed E-state index contributed by atoms with van der Waals surface area (Å²) in [5.74, 6) is -0.292. The predicted molar refractivity (Wildman–Crippen MR) is 172 cm³/mol. The van der Waals surface area contributed by atoms with E-state index in [1.54, 1.807) is 14.0 Å². The molecule has 1 aliphatic carbocycles. The van der Waals surface area contributed by atoms with Crippen LogP contribution >= 0.6 is 0 Å². The van der Waals surface area contributed by atoms with Crippen molar-refractivity contribution in [1.29, 1.82) is 0 Å². The number of piperazine rings is 1. The molecule has 13 heteroatoms. The first kappa shape index (κ1) is 31.3. The fourth-order valence-electron chi connectivity index (χ4n) is 7.74. The molecule has 5 N–H and O–H groups in total. The van der Waals surface area contributed by atoms with Gasteiger partial charge in [0.05, 0.1) is 19.3 Å². The Morgan fingerprint density at radius 2 is 1.82 bits per heavy atom. The maximum atomic E-state index is 13.7. The molecule has 1 saturated heterocycles. The van der Waals surface area contributed by atoms with E-state index in [9.17, 15) is 14.4 Å². The van der Waals surface area contributed by atoms with Crippen LogP contribution in [0.15, 0.2) is 23.7 Å². The Kier molecular flexibility index (Phi) is 8.75. The van der Waals surface area contributed by atoms with E-state index in [0.717, 1.165) is 55.7 Å². The number of methoxy groups -OCH3 is 1. The number of hydrogen-bond acceptors (Lipinski definition) is 10. The first-order chi connectivity index (χ1) is 21.6. The van der Waals surface area contributed by atoms with Crippen LogP contribution < -0.4 is 31.3 Å². The summed E-state index contributed by atoms with van der Waals surface area (Å²) in [7, 11) is 3.57. The second kappa shape index (κ2) is 12.6. The average Bonchev–Trinajstić information content (AvgIpc) is 3.54. The topological polar surface area (TPSA) is 139 Å². The Balaban J connectivity index is 1.25. The van der Waals surface area contributed by atoms with E-state index in [1.807, 2.05) is 33.9 Å². The molecule has 1 aromatic carbocycles. The number of nitrogens with zero attached hydrogens (tertiary/aromatic N) is 5.